The Kier molecular flexibility index (Phi) is 4.05. The summed E-state index contributed by atoms with van der Waals surface area (Å²) in [6, 6.07) is 8.00. The Bertz CT molecular complexity index is 1170. The van der Waals surface area contributed by atoms with Crippen LogP contribution in [0.15, 0.2) is 42.9 Å². The molecule has 8 heteroatoms. The number of fused-ring (bicyclic) bond motifs is 2. The summed E-state index contributed by atoms with van der Waals surface area (Å²) in [6.07, 6.45) is 8.61. The molecule has 0 unspecified atom stereocenters. The standard InChI is InChI=1S/C20H21N7O/c21-8-10-26-12-15(14-5-2-9-22-19(14)26)16-6-7-18-23-11-17(27(18)25-16)20(28)24-13-3-1-4-13/h2,5-7,9,11-13H,1,3-4,8,10,21H2,(H,24,28). The number of carbonyl (C=O) groups is 1. The first-order valence-corrected chi connectivity index (χ1v) is 9.54. The number of pyridine rings is 1. The van der Waals surface area contributed by atoms with Crippen molar-refractivity contribution in [3.63, 3.8) is 0 Å². The first kappa shape index (κ1) is 16.9. The minimum absolute atomic E-state index is 0.130. The van der Waals surface area contributed by atoms with E-state index in [9.17, 15) is 4.79 Å². The molecule has 1 aliphatic rings. The lowest BCUT2D eigenvalue weighted by Crippen LogP contribution is -2.40. The van der Waals surface area contributed by atoms with Gasteiger partial charge >= 0.3 is 0 Å². The van der Waals surface area contributed by atoms with E-state index >= 15 is 0 Å². The van der Waals surface area contributed by atoms with Crippen LogP contribution >= 0.6 is 0 Å². The Labute approximate surface area is 161 Å². The Morgan fingerprint density at radius 2 is 2.14 bits per heavy atom. The molecule has 0 atom stereocenters. The summed E-state index contributed by atoms with van der Waals surface area (Å²) < 4.78 is 3.65. The monoisotopic (exact) mass is 375 g/mol. The molecular formula is C20H21N7O. The summed E-state index contributed by atoms with van der Waals surface area (Å²) in [4.78, 5) is 21.4. The molecule has 4 aromatic rings. The van der Waals surface area contributed by atoms with Crippen molar-refractivity contribution < 1.29 is 4.79 Å². The highest BCUT2D eigenvalue weighted by atomic mass is 16.2. The van der Waals surface area contributed by atoms with E-state index < -0.39 is 0 Å². The van der Waals surface area contributed by atoms with E-state index in [-0.39, 0.29) is 11.9 Å². The van der Waals surface area contributed by atoms with Crippen molar-refractivity contribution in [1.29, 1.82) is 0 Å². The van der Waals surface area contributed by atoms with Gasteiger partial charge in [-0.1, -0.05) is 0 Å². The number of nitrogens with one attached hydrogen (secondary N) is 1. The van der Waals surface area contributed by atoms with E-state index in [4.69, 9.17) is 10.8 Å². The van der Waals surface area contributed by atoms with Crippen molar-refractivity contribution in [3.8, 4) is 11.3 Å². The van der Waals surface area contributed by atoms with E-state index in [1.54, 1.807) is 16.9 Å². The van der Waals surface area contributed by atoms with Crippen molar-refractivity contribution in [2.45, 2.75) is 31.8 Å². The molecule has 28 heavy (non-hydrogen) atoms. The van der Waals surface area contributed by atoms with Crippen molar-refractivity contribution in [1.82, 2.24) is 29.5 Å². The molecule has 4 heterocycles. The second kappa shape index (κ2) is 6.72. The van der Waals surface area contributed by atoms with Gasteiger partial charge in [0.15, 0.2) is 5.65 Å². The molecule has 1 fully saturated rings. The fourth-order valence-corrected chi connectivity index (χ4v) is 3.62. The van der Waals surface area contributed by atoms with E-state index in [0.717, 1.165) is 35.1 Å². The molecule has 0 radical (unpaired) electrons. The van der Waals surface area contributed by atoms with Crippen LogP contribution in [0.2, 0.25) is 0 Å². The Morgan fingerprint density at radius 3 is 2.93 bits per heavy atom. The average molecular weight is 375 g/mol. The minimum atomic E-state index is -0.130. The summed E-state index contributed by atoms with van der Waals surface area (Å²) in [7, 11) is 0. The summed E-state index contributed by atoms with van der Waals surface area (Å²) in [5, 5.41) is 8.78. The predicted octanol–water partition coefficient (Wildman–Crippen LogP) is 1.99. The van der Waals surface area contributed by atoms with Crippen LogP contribution in [-0.2, 0) is 6.54 Å². The Morgan fingerprint density at radius 1 is 1.25 bits per heavy atom. The van der Waals surface area contributed by atoms with Gasteiger partial charge in [0, 0.05) is 42.5 Å². The summed E-state index contributed by atoms with van der Waals surface area (Å²) in [5.41, 5.74) is 9.43. The van der Waals surface area contributed by atoms with Gasteiger partial charge < -0.3 is 15.6 Å². The van der Waals surface area contributed by atoms with Gasteiger partial charge in [-0.3, -0.25) is 4.79 Å². The number of hydrogen-bond acceptors (Lipinski definition) is 5. The molecule has 4 aromatic heterocycles. The molecule has 0 aromatic carbocycles. The molecule has 8 nitrogen and oxygen atoms in total. The van der Waals surface area contributed by atoms with Gasteiger partial charge in [-0.2, -0.15) is 5.10 Å². The summed E-state index contributed by atoms with van der Waals surface area (Å²) in [5.74, 6) is -0.130. The van der Waals surface area contributed by atoms with Gasteiger partial charge in [0.1, 0.15) is 11.3 Å². The zero-order valence-electron chi connectivity index (χ0n) is 15.4. The van der Waals surface area contributed by atoms with Gasteiger partial charge in [-0.25, -0.2) is 14.5 Å². The van der Waals surface area contributed by atoms with Gasteiger partial charge in [-0.15, -0.1) is 0 Å². The lowest BCUT2D eigenvalue weighted by molar-refractivity contribution is 0.0910. The fourth-order valence-electron chi connectivity index (χ4n) is 3.62. The molecule has 0 aliphatic heterocycles. The van der Waals surface area contributed by atoms with Crippen LogP contribution < -0.4 is 11.1 Å². The zero-order valence-corrected chi connectivity index (χ0v) is 15.4. The smallest absolute Gasteiger partial charge is 0.271 e. The molecule has 3 N–H and O–H groups in total. The molecule has 0 bridgehead atoms. The highest BCUT2D eigenvalue weighted by Crippen LogP contribution is 2.28. The number of nitrogens with zero attached hydrogens (tertiary/aromatic N) is 5. The summed E-state index contributed by atoms with van der Waals surface area (Å²) in [6.45, 7) is 1.20. The third kappa shape index (κ3) is 2.73. The molecule has 5 rings (SSSR count). The topological polar surface area (TPSA) is 103 Å². The first-order chi connectivity index (χ1) is 13.7. The molecule has 1 aliphatic carbocycles. The van der Waals surface area contributed by atoms with E-state index in [0.29, 0.717) is 24.4 Å². The molecular weight excluding hydrogens is 354 g/mol. The van der Waals surface area contributed by atoms with Crippen LogP contribution in [0.5, 0.6) is 0 Å². The minimum Gasteiger partial charge on any atom is -0.348 e. The average Bonchev–Trinajstić information content (AvgIpc) is 3.26. The van der Waals surface area contributed by atoms with Crippen LogP contribution in [0.3, 0.4) is 0 Å². The second-order valence-electron chi connectivity index (χ2n) is 7.13. The van der Waals surface area contributed by atoms with Crippen LogP contribution in [0.25, 0.3) is 27.9 Å². The molecule has 0 spiro atoms. The van der Waals surface area contributed by atoms with Gasteiger partial charge in [-0.05, 0) is 43.5 Å². The lowest BCUT2D eigenvalue weighted by atomic mass is 9.93. The largest absolute Gasteiger partial charge is 0.348 e. The van der Waals surface area contributed by atoms with E-state index in [1.165, 1.54) is 6.42 Å². The zero-order chi connectivity index (χ0) is 19.1. The quantitative estimate of drug-likeness (QED) is 0.555. The fraction of sp³-hybridized carbons (Fsp3) is 0.300. The van der Waals surface area contributed by atoms with Crippen LogP contribution in [-0.4, -0.2) is 42.6 Å². The first-order valence-electron chi connectivity index (χ1n) is 9.54. The maximum absolute atomic E-state index is 12.6. The SMILES string of the molecule is NCCn1cc(-c2ccc3ncc(C(=O)NC4CCC4)n3n2)c2cccnc21. The van der Waals surface area contributed by atoms with Crippen molar-refractivity contribution in [3.05, 3.63) is 48.5 Å². The summed E-state index contributed by atoms with van der Waals surface area (Å²) >= 11 is 0. The van der Waals surface area contributed by atoms with Gasteiger partial charge in [0.2, 0.25) is 0 Å². The normalized spacial score (nSPS) is 14.5. The number of nitrogens with two attached hydrogens (primary N) is 1. The van der Waals surface area contributed by atoms with Crippen LogP contribution in [0.1, 0.15) is 29.8 Å². The van der Waals surface area contributed by atoms with Gasteiger partial charge in [0.05, 0.1) is 11.9 Å². The van der Waals surface area contributed by atoms with Gasteiger partial charge in [0.25, 0.3) is 5.91 Å². The maximum Gasteiger partial charge on any atom is 0.271 e. The third-order valence-corrected chi connectivity index (χ3v) is 5.32. The molecule has 1 saturated carbocycles. The van der Waals surface area contributed by atoms with Crippen LogP contribution in [0, 0.1) is 0 Å². The highest BCUT2D eigenvalue weighted by molar-refractivity contribution is 5.94. The number of aromatic nitrogens is 5. The van der Waals surface area contributed by atoms with E-state index in [1.807, 2.05) is 35.0 Å². The molecule has 0 saturated heterocycles. The Hall–Kier alpha value is -3.26. The van der Waals surface area contributed by atoms with Crippen LogP contribution in [0.4, 0.5) is 0 Å². The predicted molar refractivity (Wildman–Crippen MR) is 106 cm³/mol. The third-order valence-electron chi connectivity index (χ3n) is 5.32. The van der Waals surface area contributed by atoms with Crippen molar-refractivity contribution in [2.24, 2.45) is 5.73 Å². The van der Waals surface area contributed by atoms with E-state index in [2.05, 4.69) is 15.3 Å². The second-order valence-corrected chi connectivity index (χ2v) is 7.13. The molecule has 1 amide bonds. The highest BCUT2D eigenvalue weighted by Gasteiger charge is 2.22. The number of hydrogen-bond donors (Lipinski definition) is 2. The Balaban J connectivity index is 1.59. The molecule has 142 valence electrons. The number of carbonyl (C=O) groups excluding carboxylic acids is 1. The van der Waals surface area contributed by atoms with Crippen molar-refractivity contribution >= 4 is 22.6 Å². The number of amides is 1. The maximum atomic E-state index is 12.6. The van der Waals surface area contributed by atoms with Crippen molar-refractivity contribution in [2.75, 3.05) is 6.54 Å². The lowest BCUT2D eigenvalue weighted by Gasteiger charge is -2.26. The number of rotatable bonds is 5. The number of imidazole rings is 1.